The Morgan fingerprint density at radius 2 is 1.63 bits per heavy atom. The highest BCUT2D eigenvalue weighted by molar-refractivity contribution is 7.99. The van der Waals surface area contributed by atoms with Gasteiger partial charge >= 0.3 is 0 Å². The molecule has 19 heavy (non-hydrogen) atoms. The second kappa shape index (κ2) is 7.00. The molecule has 1 amide bonds. The minimum atomic E-state index is 0.00233. The van der Waals surface area contributed by atoms with Gasteiger partial charge in [-0.2, -0.15) is 0 Å². The molecule has 2 aromatic carbocycles. The van der Waals surface area contributed by atoms with Crippen LogP contribution >= 0.6 is 11.8 Å². The Labute approximate surface area is 118 Å². The largest absolute Gasteiger partial charge is 0.349 e. The fourth-order valence-corrected chi connectivity index (χ4v) is 2.83. The van der Waals surface area contributed by atoms with Gasteiger partial charge in [0.2, 0.25) is 5.91 Å². The molecule has 0 fully saturated rings. The quantitative estimate of drug-likeness (QED) is 0.841. The minimum Gasteiger partial charge on any atom is -0.349 e. The van der Waals surface area contributed by atoms with Crippen molar-refractivity contribution >= 4 is 17.7 Å². The van der Waals surface area contributed by atoms with Crippen LogP contribution in [0.5, 0.6) is 0 Å². The summed E-state index contributed by atoms with van der Waals surface area (Å²) < 4.78 is 0. The Morgan fingerprint density at radius 3 is 2.21 bits per heavy atom. The highest BCUT2D eigenvalue weighted by Gasteiger charge is 2.12. The van der Waals surface area contributed by atoms with Gasteiger partial charge in [0.15, 0.2) is 0 Å². The fraction of sp³-hybridized carbons (Fsp3) is 0.188. The van der Waals surface area contributed by atoms with Gasteiger partial charge in [0, 0.05) is 17.6 Å². The van der Waals surface area contributed by atoms with Crippen molar-refractivity contribution in [2.75, 3.05) is 5.75 Å². The number of carbonyl (C=O) groups is 1. The van der Waals surface area contributed by atoms with Crippen molar-refractivity contribution in [1.29, 1.82) is 0 Å². The van der Waals surface area contributed by atoms with Crippen LogP contribution in [0.1, 0.15) is 18.5 Å². The van der Waals surface area contributed by atoms with E-state index in [2.05, 4.69) is 17.4 Å². The number of amides is 1. The molecule has 0 spiro atoms. The lowest BCUT2D eigenvalue weighted by molar-refractivity contribution is -0.119. The molecule has 0 saturated carbocycles. The molecular formula is C16H17NOS. The topological polar surface area (TPSA) is 29.1 Å². The Balaban J connectivity index is 2.04. The van der Waals surface area contributed by atoms with Gasteiger partial charge in [-0.15, -0.1) is 11.8 Å². The molecule has 0 saturated heterocycles. The van der Waals surface area contributed by atoms with Crippen molar-refractivity contribution < 1.29 is 4.79 Å². The maximum absolute atomic E-state index is 11.3. The molecule has 0 aliphatic carbocycles. The summed E-state index contributed by atoms with van der Waals surface area (Å²) in [6, 6.07) is 20.3. The summed E-state index contributed by atoms with van der Waals surface area (Å²) in [6.45, 7) is 1.56. The molecule has 0 aliphatic rings. The molecule has 0 bridgehead atoms. The van der Waals surface area contributed by atoms with E-state index in [0.717, 1.165) is 11.3 Å². The first-order chi connectivity index (χ1) is 9.25. The zero-order valence-electron chi connectivity index (χ0n) is 10.9. The Hall–Kier alpha value is -1.74. The van der Waals surface area contributed by atoms with Crippen molar-refractivity contribution in [1.82, 2.24) is 5.32 Å². The molecule has 0 heterocycles. The van der Waals surface area contributed by atoms with Crippen molar-refractivity contribution in [2.24, 2.45) is 0 Å². The molecule has 3 heteroatoms. The molecule has 98 valence electrons. The highest BCUT2D eigenvalue weighted by atomic mass is 32.2. The van der Waals surface area contributed by atoms with Crippen LogP contribution in [0.15, 0.2) is 65.6 Å². The second-order valence-electron chi connectivity index (χ2n) is 4.29. The Kier molecular flexibility index (Phi) is 5.04. The predicted octanol–water partition coefficient (Wildman–Crippen LogP) is 3.66. The van der Waals surface area contributed by atoms with E-state index in [-0.39, 0.29) is 11.9 Å². The van der Waals surface area contributed by atoms with Gasteiger partial charge in [-0.25, -0.2) is 0 Å². The smallest absolute Gasteiger partial charge is 0.217 e. The summed E-state index contributed by atoms with van der Waals surface area (Å²) in [6.07, 6.45) is 0. The molecule has 2 rings (SSSR count). The summed E-state index contributed by atoms with van der Waals surface area (Å²) >= 11 is 1.75. The molecule has 1 N–H and O–H groups in total. The van der Waals surface area contributed by atoms with Crippen LogP contribution in [-0.2, 0) is 4.79 Å². The third-order valence-electron chi connectivity index (χ3n) is 2.74. The van der Waals surface area contributed by atoms with E-state index in [4.69, 9.17) is 0 Å². The SMILES string of the molecule is CC(=O)N[C@@H](CSc1ccccc1)c1ccccc1. The summed E-state index contributed by atoms with van der Waals surface area (Å²) in [5.41, 5.74) is 1.14. The lowest BCUT2D eigenvalue weighted by atomic mass is 10.1. The summed E-state index contributed by atoms with van der Waals surface area (Å²) in [7, 11) is 0. The third kappa shape index (κ3) is 4.45. The first-order valence-corrected chi connectivity index (χ1v) is 7.24. The van der Waals surface area contributed by atoms with Crippen molar-refractivity contribution in [2.45, 2.75) is 17.9 Å². The standard InChI is InChI=1S/C16H17NOS/c1-13(18)17-16(14-8-4-2-5-9-14)12-19-15-10-6-3-7-11-15/h2-11,16H,12H2,1H3,(H,17,18)/t16-/m0/s1. The Bertz CT molecular complexity index is 513. The molecule has 2 aromatic rings. The molecule has 0 aliphatic heterocycles. The third-order valence-corrected chi connectivity index (χ3v) is 3.84. The second-order valence-corrected chi connectivity index (χ2v) is 5.38. The van der Waals surface area contributed by atoms with E-state index in [9.17, 15) is 4.79 Å². The number of hydrogen-bond acceptors (Lipinski definition) is 2. The minimum absolute atomic E-state index is 0.00233. The van der Waals surface area contributed by atoms with Gasteiger partial charge in [0.05, 0.1) is 6.04 Å². The van der Waals surface area contributed by atoms with Gasteiger partial charge in [0.1, 0.15) is 0 Å². The highest BCUT2D eigenvalue weighted by Crippen LogP contribution is 2.24. The zero-order valence-corrected chi connectivity index (χ0v) is 11.7. The van der Waals surface area contributed by atoms with E-state index >= 15 is 0 Å². The maximum Gasteiger partial charge on any atom is 0.217 e. The first-order valence-electron chi connectivity index (χ1n) is 6.25. The van der Waals surface area contributed by atoms with Crippen LogP contribution in [0, 0.1) is 0 Å². The fourth-order valence-electron chi connectivity index (χ4n) is 1.85. The van der Waals surface area contributed by atoms with Crippen molar-refractivity contribution in [3.8, 4) is 0 Å². The lowest BCUT2D eigenvalue weighted by Crippen LogP contribution is -2.27. The van der Waals surface area contributed by atoms with E-state index < -0.39 is 0 Å². The van der Waals surface area contributed by atoms with E-state index in [0.29, 0.717) is 0 Å². The van der Waals surface area contributed by atoms with Crippen LogP contribution < -0.4 is 5.32 Å². The average molecular weight is 271 g/mol. The van der Waals surface area contributed by atoms with Crippen LogP contribution in [0.25, 0.3) is 0 Å². The molecule has 0 radical (unpaired) electrons. The van der Waals surface area contributed by atoms with E-state index in [1.807, 2.05) is 48.5 Å². The number of hydrogen-bond donors (Lipinski definition) is 1. The van der Waals surface area contributed by atoms with Crippen LogP contribution in [-0.4, -0.2) is 11.7 Å². The molecule has 0 unspecified atom stereocenters. The molecule has 0 aromatic heterocycles. The first kappa shape index (κ1) is 13.7. The van der Waals surface area contributed by atoms with Gasteiger partial charge in [-0.05, 0) is 17.7 Å². The maximum atomic E-state index is 11.3. The normalized spacial score (nSPS) is 11.8. The van der Waals surface area contributed by atoms with Gasteiger partial charge < -0.3 is 5.32 Å². The van der Waals surface area contributed by atoms with Gasteiger partial charge in [-0.3, -0.25) is 4.79 Å². The monoisotopic (exact) mass is 271 g/mol. The Morgan fingerprint density at radius 1 is 1.05 bits per heavy atom. The van der Waals surface area contributed by atoms with Crippen molar-refractivity contribution in [3.05, 3.63) is 66.2 Å². The van der Waals surface area contributed by atoms with Gasteiger partial charge in [-0.1, -0.05) is 48.5 Å². The molecule has 2 nitrogen and oxygen atoms in total. The number of thioether (sulfide) groups is 1. The average Bonchev–Trinajstić information content (AvgIpc) is 2.45. The van der Waals surface area contributed by atoms with E-state index in [1.54, 1.807) is 18.7 Å². The van der Waals surface area contributed by atoms with Crippen molar-refractivity contribution in [3.63, 3.8) is 0 Å². The number of carbonyl (C=O) groups excluding carboxylic acids is 1. The molecule has 1 atom stereocenters. The van der Waals surface area contributed by atoms with E-state index in [1.165, 1.54) is 4.90 Å². The molecular weight excluding hydrogens is 254 g/mol. The summed E-state index contributed by atoms with van der Waals surface area (Å²) in [4.78, 5) is 12.5. The zero-order chi connectivity index (χ0) is 13.5. The lowest BCUT2D eigenvalue weighted by Gasteiger charge is -2.18. The van der Waals surface area contributed by atoms with Crippen LogP contribution in [0.3, 0.4) is 0 Å². The number of benzene rings is 2. The van der Waals surface area contributed by atoms with Crippen LogP contribution in [0.2, 0.25) is 0 Å². The number of nitrogens with one attached hydrogen (secondary N) is 1. The van der Waals surface area contributed by atoms with Crippen LogP contribution in [0.4, 0.5) is 0 Å². The number of rotatable bonds is 5. The summed E-state index contributed by atoms with van der Waals surface area (Å²) in [5, 5.41) is 3.01. The summed E-state index contributed by atoms with van der Waals surface area (Å²) in [5.74, 6) is 0.829. The van der Waals surface area contributed by atoms with Gasteiger partial charge in [0.25, 0.3) is 0 Å². The predicted molar refractivity (Wildman–Crippen MR) is 80.2 cm³/mol.